The normalized spacial score (nSPS) is 12.7. The Morgan fingerprint density at radius 1 is 0.404 bits per heavy atom. The molecule has 0 N–H and O–H groups in total. The summed E-state index contributed by atoms with van der Waals surface area (Å²) in [7, 11) is 0. The highest BCUT2D eigenvalue weighted by Crippen LogP contribution is 2.47. The van der Waals surface area contributed by atoms with Gasteiger partial charge in [0.05, 0.1) is 10.9 Å². The fraction of sp³-hybridized carbons (Fsp3) is 0.0392. The molecule has 0 aliphatic heterocycles. The first-order chi connectivity index (χ1) is 28.2. The standard InChI is InChI=1S/C51H31N3O3/c1-3-11-30(12-4-1)32-19-23-34(24-20-32)49-52-50(35-25-21-33(22-26-35)31-13-5-2-6-14-31)54-51(53-49)39-29-43-45(44-38-16-8-10-18-41(38)57-48(39)44)46-42(55-43)28-27-37-36-15-7-9-17-40(36)56-47(37)46/h1-9,11-17,19-29H,10,18H2. The van der Waals surface area contributed by atoms with E-state index in [2.05, 4.69) is 121 Å². The molecule has 0 saturated heterocycles. The molecule has 0 atom stereocenters. The number of para-hydroxylation sites is 1. The first-order valence-corrected chi connectivity index (χ1v) is 19.2. The lowest BCUT2D eigenvalue weighted by atomic mass is 9.96. The zero-order valence-corrected chi connectivity index (χ0v) is 30.6. The Morgan fingerprint density at radius 2 is 1.00 bits per heavy atom. The van der Waals surface area contributed by atoms with Gasteiger partial charge in [-0.2, -0.15) is 0 Å². The average Bonchev–Trinajstić information content (AvgIpc) is 3.98. The minimum absolute atomic E-state index is 0.505. The predicted molar refractivity (Wildman–Crippen MR) is 229 cm³/mol. The van der Waals surface area contributed by atoms with Gasteiger partial charge in [0.1, 0.15) is 33.7 Å². The maximum Gasteiger partial charge on any atom is 0.168 e. The molecular formula is C51H31N3O3. The van der Waals surface area contributed by atoms with Gasteiger partial charge in [0, 0.05) is 44.7 Å². The monoisotopic (exact) mass is 733 g/mol. The van der Waals surface area contributed by atoms with Crippen molar-refractivity contribution in [2.75, 3.05) is 0 Å². The van der Waals surface area contributed by atoms with Crippen LogP contribution < -0.4 is 0 Å². The summed E-state index contributed by atoms with van der Waals surface area (Å²) in [6, 6.07) is 51.9. The third-order valence-corrected chi connectivity index (χ3v) is 11.2. The van der Waals surface area contributed by atoms with Crippen molar-refractivity contribution in [1.82, 2.24) is 15.0 Å². The molecule has 12 rings (SSSR count). The van der Waals surface area contributed by atoms with Gasteiger partial charge in [-0.3, -0.25) is 0 Å². The van der Waals surface area contributed by atoms with Crippen molar-refractivity contribution in [3.05, 3.63) is 169 Å². The van der Waals surface area contributed by atoms with Crippen molar-refractivity contribution >= 4 is 60.9 Å². The predicted octanol–water partition coefficient (Wildman–Crippen LogP) is 13.7. The van der Waals surface area contributed by atoms with Crippen LogP contribution in [0.25, 0.3) is 117 Å². The second-order valence-corrected chi connectivity index (χ2v) is 14.6. The molecule has 1 aliphatic carbocycles. The number of allylic oxidation sites excluding steroid dienone is 1. The van der Waals surface area contributed by atoms with Crippen LogP contribution in [0.5, 0.6) is 0 Å². The van der Waals surface area contributed by atoms with Crippen molar-refractivity contribution in [2.45, 2.75) is 12.8 Å². The molecule has 4 heterocycles. The lowest BCUT2D eigenvalue weighted by molar-refractivity contribution is 0.547. The molecule has 0 spiro atoms. The van der Waals surface area contributed by atoms with Crippen LogP contribution in [-0.4, -0.2) is 15.0 Å². The van der Waals surface area contributed by atoms with E-state index in [4.69, 9.17) is 28.2 Å². The fourth-order valence-electron chi connectivity index (χ4n) is 8.44. The van der Waals surface area contributed by atoms with Crippen LogP contribution >= 0.6 is 0 Å². The molecule has 0 amide bonds. The molecule has 57 heavy (non-hydrogen) atoms. The third-order valence-electron chi connectivity index (χ3n) is 11.2. The minimum atomic E-state index is 0.505. The molecule has 0 bridgehead atoms. The van der Waals surface area contributed by atoms with Gasteiger partial charge in [-0.15, -0.1) is 0 Å². The fourth-order valence-corrected chi connectivity index (χ4v) is 8.44. The lowest BCUT2D eigenvalue weighted by Crippen LogP contribution is -2.00. The van der Waals surface area contributed by atoms with Gasteiger partial charge >= 0.3 is 0 Å². The molecule has 0 fully saturated rings. The molecule has 0 saturated carbocycles. The Hall–Kier alpha value is -7.57. The molecule has 0 unspecified atom stereocenters. The Balaban J connectivity index is 1.10. The van der Waals surface area contributed by atoms with E-state index in [1.807, 2.05) is 42.5 Å². The Morgan fingerprint density at radius 3 is 1.68 bits per heavy atom. The number of fused-ring (bicyclic) bond motifs is 11. The summed E-state index contributed by atoms with van der Waals surface area (Å²) in [5.74, 6) is 2.58. The second kappa shape index (κ2) is 12.5. The summed E-state index contributed by atoms with van der Waals surface area (Å²) in [5.41, 5.74) is 11.9. The van der Waals surface area contributed by atoms with Crippen molar-refractivity contribution in [3.63, 3.8) is 0 Å². The zero-order valence-electron chi connectivity index (χ0n) is 30.6. The van der Waals surface area contributed by atoms with Gasteiger partial charge in [-0.25, -0.2) is 15.0 Å². The molecule has 11 aromatic rings. The number of benzene rings is 7. The van der Waals surface area contributed by atoms with E-state index >= 15 is 0 Å². The van der Waals surface area contributed by atoms with Crippen LogP contribution in [0.3, 0.4) is 0 Å². The van der Waals surface area contributed by atoms with E-state index < -0.39 is 0 Å². The highest BCUT2D eigenvalue weighted by atomic mass is 16.4. The molecule has 6 heteroatoms. The second-order valence-electron chi connectivity index (χ2n) is 14.6. The number of rotatable bonds is 5. The maximum atomic E-state index is 6.87. The minimum Gasteiger partial charge on any atom is -0.460 e. The first-order valence-electron chi connectivity index (χ1n) is 19.2. The van der Waals surface area contributed by atoms with E-state index in [0.717, 1.165) is 112 Å². The van der Waals surface area contributed by atoms with Crippen molar-refractivity contribution < 1.29 is 13.3 Å². The summed E-state index contributed by atoms with van der Waals surface area (Å²) in [6.45, 7) is 0. The summed E-state index contributed by atoms with van der Waals surface area (Å²) in [5, 5.41) is 5.00. The summed E-state index contributed by atoms with van der Waals surface area (Å²) in [6.07, 6.45) is 6.10. The Labute approximate surface area is 326 Å². The molecule has 268 valence electrons. The summed E-state index contributed by atoms with van der Waals surface area (Å²) in [4.78, 5) is 15.5. The van der Waals surface area contributed by atoms with Gasteiger partial charge in [0.15, 0.2) is 17.5 Å². The zero-order chi connectivity index (χ0) is 37.5. The van der Waals surface area contributed by atoms with Gasteiger partial charge in [0.25, 0.3) is 0 Å². The molecule has 0 radical (unpaired) electrons. The Bertz CT molecular complexity index is 3270. The number of aromatic nitrogens is 3. The van der Waals surface area contributed by atoms with E-state index in [-0.39, 0.29) is 0 Å². The lowest BCUT2D eigenvalue weighted by Gasteiger charge is -2.10. The van der Waals surface area contributed by atoms with E-state index in [1.54, 1.807) is 0 Å². The number of nitrogens with zero attached hydrogens (tertiary/aromatic N) is 3. The summed E-state index contributed by atoms with van der Waals surface area (Å²) >= 11 is 0. The molecule has 1 aliphatic rings. The Kier molecular flexibility index (Phi) is 6.95. The quantitative estimate of drug-likeness (QED) is 0.175. The first kappa shape index (κ1) is 31.7. The molecule has 7 aromatic carbocycles. The van der Waals surface area contributed by atoms with Crippen LogP contribution in [0.1, 0.15) is 17.7 Å². The van der Waals surface area contributed by atoms with Gasteiger partial charge in [-0.1, -0.05) is 140 Å². The number of aryl methyl sites for hydroxylation is 1. The van der Waals surface area contributed by atoms with Gasteiger partial charge in [-0.05, 0) is 52.9 Å². The third kappa shape index (κ3) is 5.07. The number of hydrogen-bond acceptors (Lipinski definition) is 6. The van der Waals surface area contributed by atoms with E-state index in [1.165, 1.54) is 0 Å². The van der Waals surface area contributed by atoms with E-state index in [9.17, 15) is 0 Å². The maximum absolute atomic E-state index is 6.87. The highest BCUT2D eigenvalue weighted by molar-refractivity contribution is 6.30. The SMILES string of the molecule is C1=Cc2c(oc3c(-c4nc(-c5ccc(-c6ccccc6)cc5)nc(-c5ccc(-c6ccccc6)cc5)n4)cc4oc5ccc6c7ccccc7oc6c5c4c23)CC1. The van der Waals surface area contributed by atoms with Crippen LogP contribution in [-0.2, 0) is 6.42 Å². The molecule has 4 aromatic heterocycles. The molecule has 6 nitrogen and oxygen atoms in total. The summed E-state index contributed by atoms with van der Waals surface area (Å²) < 4.78 is 20.2. The smallest absolute Gasteiger partial charge is 0.168 e. The highest BCUT2D eigenvalue weighted by Gasteiger charge is 2.27. The number of furan rings is 3. The van der Waals surface area contributed by atoms with Crippen molar-refractivity contribution in [1.29, 1.82) is 0 Å². The van der Waals surface area contributed by atoms with Gasteiger partial charge < -0.3 is 13.3 Å². The van der Waals surface area contributed by atoms with Crippen LogP contribution in [0.2, 0.25) is 0 Å². The number of hydrogen-bond donors (Lipinski definition) is 0. The van der Waals surface area contributed by atoms with E-state index in [0.29, 0.717) is 23.1 Å². The largest absolute Gasteiger partial charge is 0.460 e. The topological polar surface area (TPSA) is 78.1 Å². The molecular weight excluding hydrogens is 703 g/mol. The van der Waals surface area contributed by atoms with Gasteiger partial charge in [0.2, 0.25) is 0 Å². The van der Waals surface area contributed by atoms with Crippen LogP contribution in [0.15, 0.2) is 171 Å². The van der Waals surface area contributed by atoms with Crippen LogP contribution in [0.4, 0.5) is 0 Å². The van der Waals surface area contributed by atoms with Crippen LogP contribution in [0, 0.1) is 0 Å². The average molecular weight is 734 g/mol. The van der Waals surface area contributed by atoms with Crippen molar-refractivity contribution in [2.24, 2.45) is 0 Å². The van der Waals surface area contributed by atoms with Crippen molar-refractivity contribution in [3.8, 4) is 56.4 Å².